The summed E-state index contributed by atoms with van der Waals surface area (Å²) in [7, 11) is 0. The van der Waals surface area contributed by atoms with Gasteiger partial charge in [0.2, 0.25) is 5.91 Å². The number of fused-ring (bicyclic) bond motifs is 1. The topological polar surface area (TPSA) is 67.4 Å². The predicted molar refractivity (Wildman–Crippen MR) is 95.6 cm³/mol. The summed E-state index contributed by atoms with van der Waals surface area (Å²) in [6.07, 6.45) is -0.0933. The zero-order chi connectivity index (χ0) is 16.9. The lowest BCUT2D eigenvalue weighted by atomic mass is 10.2. The van der Waals surface area contributed by atoms with E-state index >= 15 is 0 Å². The van der Waals surface area contributed by atoms with Gasteiger partial charge in [0.15, 0.2) is 6.10 Å². The maximum absolute atomic E-state index is 12.0. The van der Waals surface area contributed by atoms with Crippen LogP contribution in [0.1, 0.15) is 13.3 Å². The number of thioether (sulfide) groups is 1. The number of carbonyl (C=O) groups is 2. The Morgan fingerprint density at radius 3 is 2.83 bits per heavy atom. The molecule has 0 fully saturated rings. The molecule has 6 heteroatoms. The summed E-state index contributed by atoms with van der Waals surface area (Å²) < 4.78 is 5.49. The molecule has 0 aliphatic carbocycles. The highest BCUT2D eigenvalue weighted by atomic mass is 32.2. The molecule has 1 heterocycles. The molecular formula is C18H18N2O3S. The first-order valence-electron chi connectivity index (χ1n) is 7.71. The van der Waals surface area contributed by atoms with Crippen LogP contribution in [-0.4, -0.2) is 23.7 Å². The minimum atomic E-state index is -0.507. The molecule has 3 rings (SSSR count). The zero-order valence-electron chi connectivity index (χ0n) is 13.2. The standard InChI is InChI=1S/C18H18N2O3S/c1-12-18(22)20-15-11-13(7-8-16(15)23-12)19-17(21)9-10-24-14-5-3-2-4-6-14/h2-8,11-12H,9-10H2,1H3,(H,19,21)(H,20,22)/t12-/m0/s1. The molecule has 0 spiro atoms. The van der Waals surface area contributed by atoms with E-state index in [9.17, 15) is 9.59 Å². The molecule has 0 aromatic heterocycles. The molecule has 24 heavy (non-hydrogen) atoms. The normalized spacial score (nSPS) is 15.9. The third-order valence-electron chi connectivity index (χ3n) is 3.54. The summed E-state index contributed by atoms with van der Waals surface area (Å²) in [4.78, 5) is 24.8. The fourth-order valence-corrected chi connectivity index (χ4v) is 3.16. The highest BCUT2D eigenvalue weighted by molar-refractivity contribution is 7.99. The van der Waals surface area contributed by atoms with Crippen LogP contribution >= 0.6 is 11.8 Å². The molecule has 0 radical (unpaired) electrons. The maximum Gasteiger partial charge on any atom is 0.265 e. The maximum atomic E-state index is 12.0. The molecule has 0 saturated carbocycles. The van der Waals surface area contributed by atoms with Crippen LogP contribution in [0.5, 0.6) is 5.75 Å². The molecule has 0 unspecified atom stereocenters. The first kappa shape index (κ1) is 16.4. The number of benzene rings is 2. The van der Waals surface area contributed by atoms with Crippen molar-refractivity contribution in [1.29, 1.82) is 0 Å². The quantitative estimate of drug-likeness (QED) is 0.816. The van der Waals surface area contributed by atoms with Crippen molar-refractivity contribution in [2.75, 3.05) is 16.4 Å². The van der Waals surface area contributed by atoms with E-state index in [1.165, 1.54) is 0 Å². The average Bonchev–Trinajstić information content (AvgIpc) is 2.57. The Labute approximate surface area is 144 Å². The Balaban J connectivity index is 1.53. The van der Waals surface area contributed by atoms with E-state index in [0.717, 1.165) is 4.90 Å². The second-order valence-corrected chi connectivity index (χ2v) is 6.59. The molecule has 124 valence electrons. The molecule has 1 aliphatic heterocycles. The summed E-state index contributed by atoms with van der Waals surface area (Å²) in [6.45, 7) is 1.69. The van der Waals surface area contributed by atoms with Crippen molar-refractivity contribution in [2.24, 2.45) is 0 Å². The predicted octanol–water partition coefficient (Wildman–Crippen LogP) is 3.53. The van der Waals surface area contributed by atoms with Gasteiger partial charge in [0.1, 0.15) is 5.75 Å². The number of rotatable bonds is 5. The number of carbonyl (C=O) groups excluding carboxylic acids is 2. The van der Waals surface area contributed by atoms with Gasteiger partial charge in [0, 0.05) is 22.8 Å². The number of hydrogen-bond donors (Lipinski definition) is 2. The van der Waals surface area contributed by atoms with Gasteiger partial charge in [0.25, 0.3) is 5.91 Å². The SMILES string of the molecule is C[C@@H]1Oc2ccc(NC(=O)CCSc3ccccc3)cc2NC1=O. The minimum Gasteiger partial charge on any atom is -0.479 e. The van der Waals surface area contributed by atoms with E-state index < -0.39 is 6.10 Å². The van der Waals surface area contributed by atoms with E-state index in [2.05, 4.69) is 10.6 Å². The van der Waals surface area contributed by atoms with Crippen molar-refractivity contribution < 1.29 is 14.3 Å². The molecule has 1 atom stereocenters. The van der Waals surface area contributed by atoms with Crippen molar-refractivity contribution in [3.8, 4) is 5.75 Å². The molecule has 2 aromatic rings. The van der Waals surface area contributed by atoms with Gasteiger partial charge in [-0.3, -0.25) is 9.59 Å². The molecule has 2 amide bonds. The van der Waals surface area contributed by atoms with Gasteiger partial charge in [-0.2, -0.15) is 0 Å². The van der Waals surface area contributed by atoms with Gasteiger partial charge in [0.05, 0.1) is 5.69 Å². The Morgan fingerprint density at radius 1 is 1.25 bits per heavy atom. The minimum absolute atomic E-state index is 0.0604. The molecule has 2 aromatic carbocycles. The van der Waals surface area contributed by atoms with E-state index in [1.807, 2.05) is 30.3 Å². The third-order valence-corrected chi connectivity index (χ3v) is 4.55. The number of hydrogen-bond acceptors (Lipinski definition) is 4. The summed E-state index contributed by atoms with van der Waals surface area (Å²) in [6, 6.07) is 15.2. The van der Waals surface area contributed by atoms with Crippen LogP contribution in [0.3, 0.4) is 0 Å². The molecule has 0 saturated heterocycles. The Hall–Kier alpha value is -2.47. The van der Waals surface area contributed by atoms with Crippen LogP contribution in [0.15, 0.2) is 53.4 Å². The van der Waals surface area contributed by atoms with Gasteiger partial charge in [-0.25, -0.2) is 0 Å². The number of anilines is 2. The summed E-state index contributed by atoms with van der Waals surface area (Å²) >= 11 is 1.64. The Bertz CT molecular complexity index is 749. The smallest absolute Gasteiger partial charge is 0.265 e. The van der Waals surface area contributed by atoms with Gasteiger partial charge < -0.3 is 15.4 Å². The van der Waals surface area contributed by atoms with E-state index in [0.29, 0.717) is 29.3 Å². The van der Waals surface area contributed by atoms with Crippen molar-refractivity contribution >= 4 is 35.0 Å². The van der Waals surface area contributed by atoms with Gasteiger partial charge >= 0.3 is 0 Å². The third kappa shape index (κ3) is 4.08. The van der Waals surface area contributed by atoms with Crippen LogP contribution in [0, 0.1) is 0 Å². The van der Waals surface area contributed by atoms with Crippen LogP contribution in [0.25, 0.3) is 0 Å². The van der Waals surface area contributed by atoms with Crippen molar-refractivity contribution in [2.45, 2.75) is 24.3 Å². The van der Waals surface area contributed by atoms with Crippen LogP contribution in [0.4, 0.5) is 11.4 Å². The zero-order valence-corrected chi connectivity index (χ0v) is 14.1. The summed E-state index contributed by atoms with van der Waals surface area (Å²) in [5.74, 6) is 1.07. The second-order valence-electron chi connectivity index (χ2n) is 5.42. The highest BCUT2D eigenvalue weighted by Crippen LogP contribution is 2.32. The molecule has 0 bridgehead atoms. The van der Waals surface area contributed by atoms with Crippen LogP contribution < -0.4 is 15.4 Å². The van der Waals surface area contributed by atoms with Crippen LogP contribution in [0.2, 0.25) is 0 Å². The number of amides is 2. The van der Waals surface area contributed by atoms with E-state index in [1.54, 1.807) is 36.9 Å². The van der Waals surface area contributed by atoms with Crippen LogP contribution in [-0.2, 0) is 9.59 Å². The number of ether oxygens (including phenoxy) is 1. The lowest BCUT2D eigenvalue weighted by Crippen LogP contribution is -2.34. The largest absolute Gasteiger partial charge is 0.479 e. The van der Waals surface area contributed by atoms with Gasteiger partial charge in [-0.15, -0.1) is 11.8 Å². The Morgan fingerprint density at radius 2 is 2.04 bits per heavy atom. The number of nitrogens with one attached hydrogen (secondary N) is 2. The lowest BCUT2D eigenvalue weighted by Gasteiger charge is -2.23. The lowest BCUT2D eigenvalue weighted by molar-refractivity contribution is -0.122. The monoisotopic (exact) mass is 342 g/mol. The molecular weight excluding hydrogens is 324 g/mol. The first-order chi connectivity index (χ1) is 11.6. The second kappa shape index (κ2) is 7.40. The van der Waals surface area contributed by atoms with Crippen molar-refractivity contribution in [3.05, 3.63) is 48.5 Å². The molecule has 5 nitrogen and oxygen atoms in total. The highest BCUT2D eigenvalue weighted by Gasteiger charge is 2.23. The van der Waals surface area contributed by atoms with E-state index in [4.69, 9.17) is 4.74 Å². The summed E-state index contributed by atoms with van der Waals surface area (Å²) in [5, 5.41) is 5.61. The first-order valence-corrected chi connectivity index (χ1v) is 8.69. The van der Waals surface area contributed by atoms with Gasteiger partial charge in [-0.05, 0) is 37.3 Å². The van der Waals surface area contributed by atoms with Crippen molar-refractivity contribution in [1.82, 2.24) is 0 Å². The average molecular weight is 342 g/mol. The van der Waals surface area contributed by atoms with Crippen molar-refractivity contribution in [3.63, 3.8) is 0 Å². The summed E-state index contributed by atoms with van der Waals surface area (Å²) in [5.41, 5.74) is 1.22. The molecule has 2 N–H and O–H groups in total. The fourth-order valence-electron chi connectivity index (χ4n) is 2.29. The Kier molecular flexibility index (Phi) is 5.05. The van der Waals surface area contributed by atoms with Gasteiger partial charge in [-0.1, -0.05) is 18.2 Å². The fraction of sp³-hybridized carbons (Fsp3) is 0.222. The molecule has 1 aliphatic rings. The van der Waals surface area contributed by atoms with E-state index in [-0.39, 0.29) is 11.8 Å².